The molecule has 0 spiro atoms. The van der Waals surface area contributed by atoms with Gasteiger partial charge in [0, 0.05) is 8.22 Å². The normalized spacial score (nSPS) is 12.2. The highest BCUT2D eigenvalue weighted by atomic mass is 16.2. The summed E-state index contributed by atoms with van der Waals surface area (Å²) in [5.74, 6) is -1.01. The first-order valence-corrected chi connectivity index (χ1v) is 5.52. The Morgan fingerprint density at radius 1 is 0.450 bits per heavy atom. The van der Waals surface area contributed by atoms with Crippen molar-refractivity contribution in [3.63, 3.8) is 0 Å². The zero-order valence-corrected chi connectivity index (χ0v) is 13.5. The average molecular weight is 302 g/mol. The fourth-order valence-corrected chi connectivity index (χ4v) is 0. The lowest BCUT2D eigenvalue weighted by Gasteiger charge is -1.56. The van der Waals surface area contributed by atoms with E-state index in [1.807, 2.05) is 0 Å². The van der Waals surface area contributed by atoms with Crippen LogP contribution >= 0.6 is 0 Å². The highest BCUT2D eigenvalue weighted by molar-refractivity contribution is 5.73. The summed E-state index contributed by atoms with van der Waals surface area (Å²) in [7, 11) is 0. The molecule has 0 heterocycles. The van der Waals surface area contributed by atoms with Crippen LogP contribution in [0.15, 0.2) is 0 Å². The molecule has 0 atom stereocenters. The van der Waals surface area contributed by atoms with Crippen molar-refractivity contribution in [1.82, 2.24) is 0 Å². The number of ketones is 5. The minimum absolute atomic E-state index is 0.167. The van der Waals surface area contributed by atoms with Crippen molar-refractivity contribution in [1.29, 1.82) is 0 Å². The van der Waals surface area contributed by atoms with Gasteiger partial charge in [-0.15, -0.1) is 0 Å². The molecule has 0 aliphatic heterocycles. The van der Waals surface area contributed by atoms with Crippen molar-refractivity contribution in [2.75, 3.05) is 0 Å². The third kappa shape index (κ3) is 1420. The molecule has 0 amide bonds. The lowest BCUT2D eigenvalue weighted by Crippen LogP contribution is -1.69. The maximum Gasteiger partial charge on any atom is 0.126 e. The lowest BCUT2D eigenvalue weighted by atomic mass is 10.6. The highest BCUT2D eigenvalue weighted by Crippen LogP contribution is 1.52. The van der Waals surface area contributed by atoms with Gasteiger partial charge in [0.25, 0.3) is 0 Å². The maximum absolute atomic E-state index is 10.4. The van der Waals surface area contributed by atoms with Crippen LogP contribution in [0.2, 0.25) is 0 Å². The molecule has 5 heteroatoms. The van der Waals surface area contributed by atoms with Gasteiger partial charge in [0.15, 0.2) is 0 Å². The average Bonchev–Trinajstić information content (AvgIpc) is 2.21. The zero-order valence-electron chi connectivity index (χ0n) is 19.5. The highest BCUT2D eigenvalue weighted by Gasteiger charge is 1.63. The Morgan fingerprint density at radius 3 is 0.550 bits per heavy atom. The molecule has 0 saturated carbocycles. The number of Topliss-reactive ketones (excluding diaryl/α,β-unsaturated/α-hetero) is 5. The van der Waals surface area contributed by atoms with Crippen LogP contribution in [0, 0.1) is 0 Å². The number of carbonyl (C=O) groups is 5. The van der Waals surface area contributed by atoms with E-state index in [1.54, 1.807) is 0 Å². The van der Waals surface area contributed by atoms with Crippen molar-refractivity contribution in [2.45, 2.75) is 69.1 Å². The Morgan fingerprint density at radius 2 is 0.550 bits per heavy atom. The number of carbonyl (C=O) groups excluding carboxylic acids is 5. The topological polar surface area (TPSA) is 85.3 Å². The fraction of sp³-hybridized carbons (Fsp3) is 0.667. The van der Waals surface area contributed by atoms with Gasteiger partial charge in [-0.05, 0) is 69.1 Å². The molecular formula is C15H30O5. The monoisotopic (exact) mass is 302 g/mol. The fourth-order valence-electron chi connectivity index (χ4n) is 0. The second kappa shape index (κ2) is 26.0. The van der Waals surface area contributed by atoms with Gasteiger partial charge in [-0.25, -0.2) is 0 Å². The van der Waals surface area contributed by atoms with E-state index in [4.69, 9.17) is 8.22 Å². The Bertz CT molecular complexity index is 370. The van der Waals surface area contributed by atoms with E-state index in [1.165, 1.54) is 55.4 Å². The Labute approximate surface area is 131 Å². The van der Waals surface area contributed by atoms with E-state index in [9.17, 15) is 24.0 Å². The Kier molecular flexibility index (Phi) is 19.2. The number of hydrogen-bond donors (Lipinski definition) is 0. The third-order valence-corrected chi connectivity index (χ3v) is 0. The van der Waals surface area contributed by atoms with Gasteiger partial charge in [0.05, 0.1) is 0 Å². The van der Waals surface area contributed by atoms with Gasteiger partial charge in [0.2, 0.25) is 0 Å². The van der Waals surface area contributed by atoms with Crippen molar-refractivity contribution >= 4 is 28.9 Å². The minimum Gasteiger partial charge on any atom is -0.300 e. The van der Waals surface area contributed by atoms with E-state index in [0.29, 0.717) is 0 Å². The van der Waals surface area contributed by atoms with E-state index >= 15 is 0 Å². The molecular weight excluding hydrogens is 266 g/mol. The smallest absolute Gasteiger partial charge is 0.126 e. The molecule has 0 N–H and O–H groups in total. The van der Waals surface area contributed by atoms with E-state index in [-0.39, 0.29) is 23.1 Å². The Balaban J connectivity index is -0.0000000776. The summed E-state index contributed by atoms with van der Waals surface area (Å²) in [6.45, 7) is 6.20. The van der Waals surface area contributed by atoms with Crippen LogP contribution in [0.3, 0.4) is 0 Å². The molecule has 0 radical (unpaired) electrons. The molecule has 0 bridgehead atoms. The number of hydrogen-bond acceptors (Lipinski definition) is 5. The molecule has 5 nitrogen and oxygen atoms in total. The van der Waals surface area contributed by atoms with Crippen LogP contribution in [0.1, 0.15) is 77.3 Å². The molecule has 20 heavy (non-hydrogen) atoms. The largest absolute Gasteiger partial charge is 0.300 e. The second-order valence-corrected chi connectivity index (χ2v) is 3.96. The van der Waals surface area contributed by atoms with E-state index in [2.05, 4.69) is 0 Å². The third-order valence-electron chi connectivity index (χ3n) is 0. The van der Waals surface area contributed by atoms with Crippen LogP contribution in [0.4, 0.5) is 0 Å². The number of rotatable bonds is 0. The van der Waals surface area contributed by atoms with Crippen LogP contribution in [0.5, 0.6) is 0 Å². The van der Waals surface area contributed by atoms with Gasteiger partial charge in [0.1, 0.15) is 28.9 Å². The quantitative estimate of drug-likeness (QED) is 0.642. The molecule has 0 aliphatic rings. The summed E-state index contributed by atoms with van der Waals surface area (Å²) in [4.78, 5) is 48.1. The Hall–Kier alpha value is -1.65. The molecule has 0 aromatic carbocycles. The van der Waals surface area contributed by atoms with Crippen LogP contribution in [-0.2, 0) is 24.0 Å². The van der Waals surface area contributed by atoms with E-state index in [0.717, 1.165) is 0 Å². The summed E-state index contributed by atoms with van der Waals surface area (Å²) < 4.78 is 38.5. The van der Waals surface area contributed by atoms with Gasteiger partial charge in [-0.2, -0.15) is 0 Å². The van der Waals surface area contributed by atoms with Crippen molar-refractivity contribution < 1.29 is 32.2 Å². The molecule has 0 unspecified atom stereocenters. The summed E-state index contributed by atoms with van der Waals surface area (Å²) in [5, 5.41) is 0. The van der Waals surface area contributed by atoms with Crippen LogP contribution in [-0.4, -0.2) is 28.9 Å². The van der Waals surface area contributed by atoms with Gasteiger partial charge >= 0.3 is 0 Å². The predicted octanol–water partition coefficient (Wildman–Crippen LogP) is 2.98. The predicted molar refractivity (Wildman–Crippen MR) is 81.8 cm³/mol. The lowest BCUT2D eigenvalue weighted by molar-refractivity contribution is -0.115. The minimum atomic E-state index is -3.01. The van der Waals surface area contributed by atoms with Gasteiger partial charge in [-0.1, -0.05) is 0 Å². The van der Waals surface area contributed by atoms with Gasteiger partial charge < -0.3 is 24.0 Å². The summed E-state index contributed by atoms with van der Waals surface area (Å²) in [6, 6.07) is 0. The first-order chi connectivity index (χ1) is 11.1. The molecule has 0 saturated heterocycles. The summed E-state index contributed by atoms with van der Waals surface area (Å²) in [6.07, 6.45) is 0. The SMILES string of the molecule is CC(C)=O.C[13C](C)=O.[13CH3]C([13CH3])=O.[13CH3][13C]([13CH3])=O.[2H]C([2H])([2H])C(=O)C([2H])([2H])[2H]. The van der Waals surface area contributed by atoms with Crippen molar-refractivity contribution in [3.8, 4) is 0 Å². The molecule has 0 aliphatic carbocycles. The van der Waals surface area contributed by atoms with Crippen LogP contribution < -0.4 is 0 Å². The second-order valence-electron chi connectivity index (χ2n) is 3.96. The van der Waals surface area contributed by atoms with Crippen molar-refractivity contribution in [3.05, 3.63) is 0 Å². The van der Waals surface area contributed by atoms with Crippen LogP contribution in [0.25, 0.3) is 0 Å². The van der Waals surface area contributed by atoms with E-state index < -0.39 is 19.5 Å². The first kappa shape index (κ1) is 14.8. The molecule has 0 aromatic heterocycles. The molecule has 120 valence electrons. The molecule has 0 aromatic rings. The molecule has 0 rings (SSSR count). The standard InChI is InChI=1S/5C3H6O/c5*1-3(2)4/h5*1-2H3/i1+1,2+1,3+1;1+1,2+1;1D3,2D3;3+1;. The first-order valence-electron chi connectivity index (χ1n) is 8.52. The zero-order chi connectivity index (χ0) is 22.9. The van der Waals surface area contributed by atoms with Crippen molar-refractivity contribution in [2.24, 2.45) is 0 Å². The summed E-state index contributed by atoms with van der Waals surface area (Å²) in [5.41, 5.74) is 0. The van der Waals surface area contributed by atoms with Gasteiger partial charge in [-0.3, -0.25) is 0 Å². The maximum atomic E-state index is 10.4. The molecule has 0 fully saturated rings. The summed E-state index contributed by atoms with van der Waals surface area (Å²) >= 11 is 0.